The van der Waals surface area contributed by atoms with E-state index < -0.39 is 0 Å². The van der Waals surface area contributed by atoms with Crippen LogP contribution in [-0.2, 0) is 6.54 Å². The predicted molar refractivity (Wildman–Crippen MR) is 104 cm³/mol. The molecule has 0 bridgehead atoms. The molecule has 0 spiro atoms. The number of thiazole rings is 1. The van der Waals surface area contributed by atoms with E-state index in [0.29, 0.717) is 0 Å². The van der Waals surface area contributed by atoms with Crippen molar-refractivity contribution in [3.8, 4) is 11.3 Å². The minimum absolute atomic E-state index is 0.905. The van der Waals surface area contributed by atoms with Gasteiger partial charge in [0.15, 0.2) is 5.13 Å². The Morgan fingerprint density at radius 1 is 1.04 bits per heavy atom. The van der Waals surface area contributed by atoms with Crippen molar-refractivity contribution in [2.75, 3.05) is 18.4 Å². The van der Waals surface area contributed by atoms with Gasteiger partial charge >= 0.3 is 0 Å². The van der Waals surface area contributed by atoms with E-state index in [9.17, 15) is 0 Å². The number of benzene rings is 1. The molecule has 1 fully saturated rings. The summed E-state index contributed by atoms with van der Waals surface area (Å²) in [6, 6.07) is 12.7. The van der Waals surface area contributed by atoms with Gasteiger partial charge in [-0.25, -0.2) is 4.98 Å². The largest absolute Gasteiger partial charge is 0.332 e. The maximum absolute atomic E-state index is 4.65. The van der Waals surface area contributed by atoms with Crippen molar-refractivity contribution in [1.29, 1.82) is 0 Å². The molecule has 0 saturated carbocycles. The number of rotatable bonds is 5. The lowest BCUT2D eigenvalue weighted by molar-refractivity contribution is 0.221. The molecule has 0 atom stereocenters. The molecule has 1 aromatic carbocycles. The predicted octanol–water partition coefficient (Wildman–Crippen LogP) is 4.93. The summed E-state index contributed by atoms with van der Waals surface area (Å²) in [5, 5.41) is 6.36. The SMILES string of the molecule is c1cncc(-c2csc(Nc3ccc(CN4CCCCC4)cc3)n2)c1. The van der Waals surface area contributed by atoms with Gasteiger partial charge in [-0.3, -0.25) is 9.88 Å². The number of anilines is 2. The first kappa shape index (κ1) is 16.2. The number of likely N-dealkylation sites (tertiary alicyclic amines) is 1. The lowest BCUT2D eigenvalue weighted by Crippen LogP contribution is -2.28. The molecule has 4 rings (SSSR count). The summed E-state index contributed by atoms with van der Waals surface area (Å²) in [5.74, 6) is 0. The number of hydrogen-bond donors (Lipinski definition) is 1. The maximum Gasteiger partial charge on any atom is 0.187 e. The fourth-order valence-electron chi connectivity index (χ4n) is 3.17. The molecular weight excluding hydrogens is 328 g/mol. The Morgan fingerprint density at radius 2 is 1.88 bits per heavy atom. The number of aromatic nitrogens is 2. The van der Waals surface area contributed by atoms with Gasteiger partial charge in [-0.05, 0) is 55.8 Å². The summed E-state index contributed by atoms with van der Waals surface area (Å²) in [6.07, 6.45) is 7.68. The third-order valence-corrected chi connectivity index (χ3v) is 5.28. The fraction of sp³-hybridized carbons (Fsp3) is 0.300. The van der Waals surface area contributed by atoms with Crippen LogP contribution in [0.25, 0.3) is 11.3 Å². The summed E-state index contributed by atoms with van der Waals surface area (Å²) in [4.78, 5) is 11.4. The van der Waals surface area contributed by atoms with E-state index in [1.165, 1.54) is 37.9 Å². The van der Waals surface area contributed by atoms with Gasteiger partial charge in [0.05, 0.1) is 5.69 Å². The Bertz CT molecular complexity index is 792. The number of nitrogens with zero attached hydrogens (tertiary/aromatic N) is 3. The first-order chi connectivity index (χ1) is 12.4. The molecule has 5 heteroatoms. The van der Waals surface area contributed by atoms with E-state index >= 15 is 0 Å². The van der Waals surface area contributed by atoms with Crippen molar-refractivity contribution in [3.05, 3.63) is 59.7 Å². The zero-order chi connectivity index (χ0) is 16.9. The first-order valence-electron chi connectivity index (χ1n) is 8.81. The molecule has 2 aromatic heterocycles. The van der Waals surface area contributed by atoms with Crippen LogP contribution in [-0.4, -0.2) is 28.0 Å². The highest BCUT2D eigenvalue weighted by Gasteiger charge is 2.10. The van der Waals surface area contributed by atoms with Crippen LogP contribution < -0.4 is 5.32 Å². The topological polar surface area (TPSA) is 41.1 Å². The van der Waals surface area contributed by atoms with E-state index in [0.717, 1.165) is 28.6 Å². The normalized spacial score (nSPS) is 15.2. The second kappa shape index (κ2) is 7.76. The van der Waals surface area contributed by atoms with E-state index in [4.69, 9.17) is 0 Å². The summed E-state index contributed by atoms with van der Waals surface area (Å²) < 4.78 is 0. The summed E-state index contributed by atoms with van der Waals surface area (Å²) in [6.45, 7) is 3.52. The highest BCUT2D eigenvalue weighted by molar-refractivity contribution is 7.14. The Labute approximate surface area is 152 Å². The van der Waals surface area contributed by atoms with Crippen molar-refractivity contribution >= 4 is 22.2 Å². The Balaban J connectivity index is 1.39. The molecule has 1 N–H and O–H groups in total. The highest BCUT2D eigenvalue weighted by atomic mass is 32.1. The Kier molecular flexibility index (Phi) is 5.04. The van der Waals surface area contributed by atoms with Crippen LogP contribution >= 0.6 is 11.3 Å². The quantitative estimate of drug-likeness (QED) is 0.708. The molecule has 0 unspecified atom stereocenters. The molecule has 128 valence electrons. The average Bonchev–Trinajstić information content (AvgIpc) is 3.14. The summed E-state index contributed by atoms with van der Waals surface area (Å²) >= 11 is 1.61. The molecule has 0 aliphatic carbocycles. The lowest BCUT2D eigenvalue weighted by Gasteiger charge is -2.26. The molecule has 0 amide bonds. The molecular formula is C20H22N4S. The highest BCUT2D eigenvalue weighted by Crippen LogP contribution is 2.27. The zero-order valence-electron chi connectivity index (χ0n) is 14.2. The van der Waals surface area contributed by atoms with Crippen LogP contribution in [0.4, 0.5) is 10.8 Å². The third-order valence-electron chi connectivity index (χ3n) is 4.52. The average molecular weight is 350 g/mol. The van der Waals surface area contributed by atoms with Crippen molar-refractivity contribution in [1.82, 2.24) is 14.9 Å². The number of pyridine rings is 1. The summed E-state index contributed by atoms with van der Waals surface area (Å²) in [5.41, 5.74) is 4.46. The van der Waals surface area contributed by atoms with Crippen molar-refractivity contribution in [2.24, 2.45) is 0 Å². The van der Waals surface area contributed by atoms with Gasteiger partial charge in [0.1, 0.15) is 0 Å². The van der Waals surface area contributed by atoms with Gasteiger partial charge < -0.3 is 5.32 Å². The molecule has 4 nitrogen and oxygen atoms in total. The minimum Gasteiger partial charge on any atom is -0.332 e. The van der Waals surface area contributed by atoms with Gasteiger partial charge in [-0.2, -0.15) is 0 Å². The molecule has 3 heterocycles. The number of piperidine rings is 1. The van der Waals surface area contributed by atoms with Gasteiger partial charge in [-0.15, -0.1) is 11.3 Å². The smallest absolute Gasteiger partial charge is 0.187 e. The van der Waals surface area contributed by atoms with E-state index in [1.807, 2.05) is 18.3 Å². The minimum atomic E-state index is 0.905. The number of nitrogens with one attached hydrogen (secondary N) is 1. The Morgan fingerprint density at radius 3 is 2.64 bits per heavy atom. The van der Waals surface area contributed by atoms with E-state index in [2.05, 4.69) is 49.8 Å². The van der Waals surface area contributed by atoms with Crippen molar-refractivity contribution < 1.29 is 0 Å². The van der Waals surface area contributed by atoms with Crippen LogP contribution in [0.2, 0.25) is 0 Å². The molecule has 1 aliphatic rings. The third kappa shape index (κ3) is 4.24. The lowest BCUT2D eigenvalue weighted by atomic mass is 10.1. The number of hydrogen-bond acceptors (Lipinski definition) is 5. The van der Waals surface area contributed by atoms with Gasteiger partial charge in [0, 0.05) is 35.6 Å². The second-order valence-corrected chi connectivity index (χ2v) is 7.30. The second-order valence-electron chi connectivity index (χ2n) is 6.44. The molecule has 1 saturated heterocycles. The molecule has 1 aliphatic heterocycles. The monoisotopic (exact) mass is 350 g/mol. The van der Waals surface area contributed by atoms with Crippen LogP contribution in [0.15, 0.2) is 54.2 Å². The fourth-order valence-corrected chi connectivity index (χ4v) is 3.91. The molecule has 25 heavy (non-hydrogen) atoms. The maximum atomic E-state index is 4.65. The van der Waals surface area contributed by atoms with Gasteiger partial charge in [0.2, 0.25) is 0 Å². The summed E-state index contributed by atoms with van der Waals surface area (Å²) in [7, 11) is 0. The standard InChI is InChI=1S/C20H22N4S/c1-2-11-24(12-3-1)14-16-6-8-18(9-7-16)22-20-23-19(15-25-20)17-5-4-10-21-13-17/h4-10,13,15H,1-3,11-12,14H2,(H,22,23). The molecule has 3 aromatic rings. The van der Waals surface area contributed by atoms with Gasteiger partial charge in [0.25, 0.3) is 0 Å². The van der Waals surface area contributed by atoms with Crippen LogP contribution in [0.3, 0.4) is 0 Å². The van der Waals surface area contributed by atoms with Crippen LogP contribution in [0.1, 0.15) is 24.8 Å². The van der Waals surface area contributed by atoms with Gasteiger partial charge in [-0.1, -0.05) is 18.6 Å². The molecule has 0 radical (unpaired) electrons. The van der Waals surface area contributed by atoms with Crippen LogP contribution in [0.5, 0.6) is 0 Å². The zero-order valence-corrected chi connectivity index (χ0v) is 15.0. The van der Waals surface area contributed by atoms with Crippen molar-refractivity contribution in [2.45, 2.75) is 25.8 Å². The van der Waals surface area contributed by atoms with Crippen LogP contribution in [0, 0.1) is 0 Å². The van der Waals surface area contributed by atoms with E-state index in [1.54, 1.807) is 17.5 Å². The van der Waals surface area contributed by atoms with E-state index in [-0.39, 0.29) is 0 Å². The van der Waals surface area contributed by atoms with Crippen molar-refractivity contribution in [3.63, 3.8) is 0 Å². The first-order valence-corrected chi connectivity index (χ1v) is 9.69. The Hall–Kier alpha value is -2.24.